The molecule has 0 radical (unpaired) electrons. The van der Waals surface area contributed by atoms with Crippen LogP contribution in [0.2, 0.25) is 0 Å². The summed E-state index contributed by atoms with van der Waals surface area (Å²) in [7, 11) is 0. The standard InChI is InChI=1S/C15H19N3OS/c1-9-6-12(14(16)19)4-5-13(9)7-17-11(3)15-18-10(2)8-20-15/h4-6,8,11,17H,7H2,1-3H3,(H2,16,19). The Morgan fingerprint density at radius 2 is 2.20 bits per heavy atom. The van der Waals surface area contributed by atoms with Gasteiger partial charge in [-0.05, 0) is 44.0 Å². The number of benzene rings is 1. The van der Waals surface area contributed by atoms with Gasteiger partial charge < -0.3 is 11.1 Å². The molecule has 0 saturated carbocycles. The number of thiazole rings is 1. The van der Waals surface area contributed by atoms with E-state index in [1.807, 2.05) is 26.0 Å². The van der Waals surface area contributed by atoms with Crippen molar-refractivity contribution in [1.82, 2.24) is 10.3 Å². The van der Waals surface area contributed by atoms with Crippen LogP contribution < -0.4 is 11.1 Å². The number of aromatic nitrogens is 1. The molecule has 0 fully saturated rings. The van der Waals surface area contributed by atoms with Gasteiger partial charge in [0, 0.05) is 23.2 Å². The largest absolute Gasteiger partial charge is 0.366 e. The lowest BCUT2D eigenvalue weighted by Crippen LogP contribution is -2.19. The number of primary amides is 1. The maximum absolute atomic E-state index is 11.1. The van der Waals surface area contributed by atoms with Crippen molar-refractivity contribution in [2.24, 2.45) is 5.73 Å². The maximum Gasteiger partial charge on any atom is 0.248 e. The van der Waals surface area contributed by atoms with Gasteiger partial charge in [-0.1, -0.05) is 6.07 Å². The summed E-state index contributed by atoms with van der Waals surface area (Å²) < 4.78 is 0. The minimum absolute atomic E-state index is 0.212. The van der Waals surface area contributed by atoms with Crippen molar-refractivity contribution in [2.75, 3.05) is 0 Å². The predicted octanol–water partition coefficient (Wildman–Crippen LogP) is 2.71. The van der Waals surface area contributed by atoms with E-state index in [9.17, 15) is 4.79 Å². The summed E-state index contributed by atoms with van der Waals surface area (Å²) in [5.41, 5.74) is 9.11. The number of amides is 1. The summed E-state index contributed by atoms with van der Waals surface area (Å²) in [6.45, 7) is 6.83. The van der Waals surface area contributed by atoms with Gasteiger partial charge in [-0.3, -0.25) is 4.79 Å². The van der Waals surface area contributed by atoms with Crippen LogP contribution >= 0.6 is 11.3 Å². The lowest BCUT2D eigenvalue weighted by Gasteiger charge is -2.13. The van der Waals surface area contributed by atoms with Gasteiger partial charge in [0.25, 0.3) is 0 Å². The van der Waals surface area contributed by atoms with E-state index in [-0.39, 0.29) is 11.9 Å². The summed E-state index contributed by atoms with van der Waals surface area (Å²) in [5.74, 6) is -0.390. The van der Waals surface area contributed by atoms with Crippen molar-refractivity contribution in [1.29, 1.82) is 0 Å². The van der Waals surface area contributed by atoms with Crippen molar-refractivity contribution in [2.45, 2.75) is 33.4 Å². The average molecular weight is 289 g/mol. The van der Waals surface area contributed by atoms with Crippen molar-refractivity contribution < 1.29 is 4.79 Å². The fourth-order valence-electron chi connectivity index (χ4n) is 1.97. The van der Waals surface area contributed by atoms with E-state index in [2.05, 4.69) is 22.6 Å². The number of nitrogens with two attached hydrogens (primary N) is 1. The number of carbonyl (C=O) groups excluding carboxylic acids is 1. The molecule has 0 spiro atoms. The van der Waals surface area contributed by atoms with Crippen molar-refractivity contribution in [3.05, 3.63) is 51.0 Å². The van der Waals surface area contributed by atoms with Crippen LogP contribution in [0.3, 0.4) is 0 Å². The maximum atomic E-state index is 11.1. The fraction of sp³-hybridized carbons (Fsp3) is 0.333. The predicted molar refractivity (Wildman–Crippen MR) is 81.8 cm³/mol. The summed E-state index contributed by atoms with van der Waals surface area (Å²) in [6.07, 6.45) is 0. The second kappa shape index (κ2) is 6.15. The van der Waals surface area contributed by atoms with Crippen LogP contribution in [0.15, 0.2) is 23.6 Å². The molecule has 1 unspecified atom stereocenters. The molecule has 2 rings (SSSR count). The van der Waals surface area contributed by atoms with Gasteiger partial charge in [0.1, 0.15) is 5.01 Å². The second-order valence-electron chi connectivity index (χ2n) is 4.94. The lowest BCUT2D eigenvalue weighted by atomic mass is 10.0. The lowest BCUT2D eigenvalue weighted by molar-refractivity contribution is 0.1000. The molecule has 5 heteroatoms. The Kier molecular flexibility index (Phi) is 4.52. The number of hydrogen-bond acceptors (Lipinski definition) is 4. The first-order chi connectivity index (χ1) is 9.47. The van der Waals surface area contributed by atoms with Gasteiger partial charge in [0.15, 0.2) is 0 Å². The SMILES string of the molecule is Cc1csc(C(C)NCc2ccc(C(N)=O)cc2C)n1. The molecular weight excluding hydrogens is 270 g/mol. The Bertz CT molecular complexity index is 621. The highest BCUT2D eigenvalue weighted by molar-refractivity contribution is 7.09. The molecule has 1 heterocycles. The molecule has 0 aliphatic carbocycles. The van der Waals surface area contributed by atoms with Gasteiger partial charge in [-0.2, -0.15) is 0 Å². The van der Waals surface area contributed by atoms with E-state index >= 15 is 0 Å². The zero-order valence-electron chi connectivity index (χ0n) is 11.9. The van der Waals surface area contributed by atoms with E-state index < -0.39 is 0 Å². The fourth-order valence-corrected chi connectivity index (χ4v) is 2.80. The first-order valence-corrected chi connectivity index (χ1v) is 7.40. The third-order valence-electron chi connectivity index (χ3n) is 3.23. The summed E-state index contributed by atoms with van der Waals surface area (Å²) in [6, 6.07) is 5.76. The number of aryl methyl sites for hydroxylation is 2. The van der Waals surface area contributed by atoms with Crippen LogP contribution in [0.25, 0.3) is 0 Å². The summed E-state index contributed by atoms with van der Waals surface area (Å²) in [4.78, 5) is 15.6. The highest BCUT2D eigenvalue weighted by Crippen LogP contribution is 2.18. The smallest absolute Gasteiger partial charge is 0.248 e. The molecule has 106 valence electrons. The first kappa shape index (κ1) is 14.7. The van der Waals surface area contributed by atoms with Crippen LogP contribution in [0, 0.1) is 13.8 Å². The van der Waals surface area contributed by atoms with Crippen LogP contribution in [-0.2, 0) is 6.54 Å². The number of carbonyl (C=O) groups is 1. The van der Waals surface area contributed by atoms with Crippen LogP contribution in [0.5, 0.6) is 0 Å². The Balaban J connectivity index is 2.02. The van der Waals surface area contributed by atoms with Crippen molar-refractivity contribution in [3.63, 3.8) is 0 Å². The van der Waals surface area contributed by atoms with Crippen LogP contribution in [-0.4, -0.2) is 10.9 Å². The molecule has 20 heavy (non-hydrogen) atoms. The molecular formula is C15H19N3OS. The second-order valence-corrected chi connectivity index (χ2v) is 5.82. The van der Waals surface area contributed by atoms with Gasteiger partial charge in [0.2, 0.25) is 5.91 Å². The van der Waals surface area contributed by atoms with E-state index in [1.165, 1.54) is 0 Å². The Hall–Kier alpha value is -1.72. The number of nitrogens with one attached hydrogen (secondary N) is 1. The highest BCUT2D eigenvalue weighted by Gasteiger charge is 2.10. The summed E-state index contributed by atoms with van der Waals surface area (Å²) >= 11 is 1.67. The first-order valence-electron chi connectivity index (χ1n) is 6.52. The van der Waals surface area contributed by atoms with E-state index in [0.717, 1.165) is 28.4 Å². The van der Waals surface area contributed by atoms with Crippen LogP contribution in [0.1, 0.15) is 45.2 Å². The van der Waals surface area contributed by atoms with E-state index in [4.69, 9.17) is 5.73 Å². The molecule has 0 aliphatic heterocycles. The minimum Gasteiger partial charge on any atom is -0.366 e. The molecule has 1 atom stereocenters. The van der Waals surface area contributed by atoms with Crippen molar-refractivity contribution >= 4 is 17.2 Å². The molecule has 0 bridgehead atoms. The quantitative estimate of drug-likeness (QED) is 0.889. The zero-order valence-corrected chi connectivity index (χ0v) is 12.8. The molecule has 3 N–H and O–H groups in total. The van der Waals surface area contributed by atoms with Crippen molar-refractivity contribution in [3.8, 4) is 0 Å². The number of hydrogen-bond donors (Lipinski definition) is 2. The van der Waals surface area contributed by atoms with E-state index in [0.29, 0.717) is 5.56 Å². The van der Waals surface area contributed by atoms with Gasteiger partial charge in [0.05, 0.1) is 6.04 Å². The average Bonchev–Trinajstić information content (AvgIpc) is 2.83. The number of nitrogens with zero attached hydrogens (tertiary/aromatic N) is 1. The van der Waals surface area contributed by atoms with Gasteiger partial charge in [-0.15, -0.1) is 11.3 Å². The van der Waals surface area contributed by atoms with E-state index in [1.54, 1.807) is 17.4 Å². The molecule has 1 aromatic carbocycles. The molecule has 0 saturated heterocycles. The monoisotopic (exact) mass is 289 g/mol. The topological polar surface area (TPSA) is 68.0 Å². The molecule has 4 nitrogen and oxygen atoms in total. The van der Waals surface area contributed by atoms with Crippen LogP contribution in [0.4, 0.5) is 0 Å². The van der Waals surface area contributed by atoms with Gasteiger partial charge >= 0.3 is 0 Å². The third kappa shape index (κ3) is 3.43. The molecule has 1 amide bonds. The Morgan fingerprint density at radius 1 is 1.45 bits per heavy atom. The zero-order chi connectivity index (χ0) is 14.7. The third-order valence-corrected chi connectivity index (χ3v) is 4.38. The Morgan fingerprint density at radius 3 is 2.75 bits per heavy atom. The molecule has 0 aliphatic rings. The normalized spacial score (nSPS) is 12.3. The highest BCUT2D eigenvalue weighted by atomic mass is 32.1. The minimum atomic E-state index is -0.390. The number of rotatable bonds is 5. The molecule has 1 aromatic heterocycles. The summed E-state index contributed by atoms with van der Waals surface area (Å²) in [5, 5.41) is 6.60. The Labute approximate surface area is 123 Å². The van der Waals surface area contributed by atoms with Gasteiger partial charge in [-0.25, -0.2) is 4.98 Å². The molecule has 2 aromatic rings.